The van der Waals surface area contributed by atoms with Crippen molar-refractivity contribution in [2.75, 3.05) is 6.54 Å². The van der Waals surface area contributed by atoms with Gasteiger partial charge in [0.25, 0.3) is 5.91 Å². The number of phenols is 1. The number of hydrogen-bond acceptors (Lipinski definition) is 4. The molecule has 0 unspecified atom stereocenters. The Morgan fingerprint density at radius 1 is 0.812 bits per heavy atom. The van der Waals surface area contributed by atoms with Crippen LogP contribution < -0.4 is 5.32 Å². The highest BCUT2D eigenvalue weighted by Gasteiger charge is 2.08. The fourth-order valence-electron chi connectivity index (χ4n) is 3.81. The molecule has 0 aliphatic heterocycles. The number of unbranched alkanes of at least 4 members (excludes halogenated alkanes) is 9. The van der Waals surface area contributed by atoms with Gasteiger partial charge < -0.3 is 15.6 Å². The topological polar surface area (TPSA) is 72.8 Å². The first-order valence-electron chi connectivity index (χ1n) is 12.2. The second kappa shape index (κ2) is 15.4. The number of benzene rings is 2. The lowest BCUT2D eigenvalue weighted by Crippen LogP contribution is -2.25. The number of aromatic hydroxyl groups is 1. The summed E-state index contributed by atoms with van der Waals surface area (Å²) < 4.78 is 0. The largest absolute Gasteiger partial charge is 0.508 e. The molecular weight excluding hydrogens is 400 g/mol. The van der Waals surface area contributed by atoms with Crippen molar-refractivity contribution in [3.63, 3.8) is 0 Å². The van der Waals surface area contributed by atoms with E-state index in [2.05, 4.69) is 12.2 Å². The van der Waals surface area contributed by atoms with Gasteiger partial charge >= 0.3 is 0 Å². The summed E-state index contributed by atoms with van der Waals surface area (Å²) in [5.41, 5.74) is 2.39. The van der Waals surface area contributed by atoms with E-state index >= 15 is 0 Å². The normalized spacial score (nSPS) is 11.1. The van der Waals surface area contributed by atoms with Gasteiger partial charge in [0.1, 0.15) is 5.75 Å². The van der Waals surface area contributed by atoms with Crippen molar-refractivity contribution in [2.45, 2.75) is 84.2 Å². The molecular formula is C27H40N2O3. The molecule has 3 N–H and O–H groups in total. The number of nitrogens with zero attached hydrogens (tertiary/aromatic N) is 1. The number of nitrogens with one attached hydrogen (secondary N) is 1. The van der Waals surface area contributed by atoms with Gasteiger partial charge in [0.05, 0.1) is 0 Å². The van der Waals surface area contributed by atoms with E-state index in [-0.39, 0.29) is 11.7 Å². The summed E-state index contributed by atoms with van der Waals surface area (Å²) in [5, 5.41) is 23.8. The van der Waals surface area contributed by atoms with Gasteiger partial charge in [-0.2, -0.15) is 5.06 Å². The second-order valence-electron chi connectivity index (χ2n) is 8.63. The van der Waals surface area contributed by atoms with E-state index in [1.54, 1.807) is 30.3 Å². The van der Waals surface area contributed by atoms with E-state index in [1.165, 1.54) is 56.4 Å². The lowest BCUT2D eigenvalue weighted by atomic mass is 10.1. The molecule has 5 nitrogen and oxygen atoms in total. The summed E-state index contributed by atoms with van der Waals surface area (Å²) in [4.78, 5) is 12.5. The average molecular weight is 441 g/mol. The van der Waals surface area contributed by atoms with Crippen LogP contribution in [-0.2, 0) is 13.1 Å². The van der Waals surface area contributed by atoms with Crippen molar-refractivity contribution < 1.29 is 15.1 Å². The van der Waals surface area contributed by atoms with E-state index in [4.69, 9.17) is 0 Å². The maximum atomic E-state index is 12.5. The first kappa shape index (κ1) is 25.9. The van der Waals surface area contributed by atoms with Gasteiger partial charge in [-0.15, -0.1) is 0 Å². The molecule has 0 fully saturated rings. The Hall–Kier alpha value is -2.37. The molecule has 2 rings (SSSR count). The highest BCUT2D eigenvalue weighted by molar-refractivity contribution is 5.94. The molecule has 0 aromatic heterocycles. The van der Waals surface area contributed by atoms with Crippen molar-refractivity contribution in [3.8, 4) is 5.75 Å². The Morgan fingerprint density at radius 2 is 1.41 bits per heavy atom. The van der Waals surface area contributed by atoms with Crippen LogP contribution in [-0.4, -0.2) is 27.8 Å². The fraction of sp³-hybridized carbons (Fsp3) is 0.519. The van der Waals surface area contributed by atoms with Crippen LogP contribution in [0.5, 0.6) is 5.75 Å². The van der Waals surface area contributed by atoms with Crippen molar-refractivity contribution in [1.29, 1.82) is 0 Å². The standard InChI is InChI=1S/C27H40N2O3/c1-2-3-4-5-6-7-8-9-10-11-19-28-27(31)25-14-12-13-24(20-25)22-29(32)21-23-15-17-26(30)18-16-23/h12-18,20,30,32H,2-11,19,21-22H2,1H3,(H,28,31). The molecule has 32 heavy (non-hydrogen) atoms. The number of rotatable bonds is 16. The van der Waals surface area contributed by atoms with Crippen LogP contribution in [0.1, 0.15) is 92.6 Å². The van der Waals surface area contributed by atoms with Gasteiger partial charge in [-0.1, -0.05) is 89.0 Å². The van der Waals surface area contributed by atoms with Crippen LogP contribution in [0.25, 0.3) is 0 Å². The quantitative estimate of drug-likeness (QED) is 0.208. The lowest BCUT2D eigenvalue weighted by Gasteiger charge is -2.15. The monoisotopic (exact) mass is 440 g/mol. The molecule has 0 atom stereocenters. The van der Waals surface area contributed by atoms with Crippen LogP contribution in [0.4, 0.5) is 0 Å². The van der Waals surface area contributed by atoms with E-state index in [0.29, 0.717) is 25.2 Å². The Morgan fingerprint density at radius 3 is 2.06 bits per heavy atom. The average Bonchev–Trinajstić information content (AvgIpc) is 2.79. The molecule has 0 saturated heterocycles. The van der Waals surface area contributed by atoms with E-state index < -0.39 is 0 Å². The molecule has 0 bridgehead atoms. The molecule has 1 amide bonds. The SMILES string of the molecule is CCCCCCCCCCCCNC(=O)c1cccc(CN(O)Cc2ccc(O)cc2)c1. The zero-order chi connectivity index (χ0) is 23.0. The number of phenolic OH excluding ortho intramolecular Hbond substituents is 1. The minimum Gasteiger partial charge on any atom is -0.508 e. The number of carbonyl (C=O) groups is 1. The number of hydrogen-bond donors (Lipinski definition) is 3. The van der Waals surface area contributed by atoms with Gasteiger partial charge in [-0.3, -0.25) is 4.79 Å². The van der Waals surface area contributed by atoms with Crippen molar-refractivity contribution >= 4 is 5.91 Å². The summed E-state index contributed by atoms with van der Waals surface area (Å²) in [6, 6.07) is 14.1. The number of carbonyl (C=O) groups excluding carboxylic acids is 1. The number of amides is 1. The van der Waals surface area contributed by atoms with Gasteiger partial charge in [0.15, 0.2) is 0 Å². The van der Waals surface area contributed by atoms with Gasteiger partial charge in [0, 0.05) is 25.2 Å². The summed E-state index contributed by atoms with van der Waals surface area (Å²) in [5.74, 6) is 0.139. The van der Waals surface area contributed by atoms with Gasteiger partial charge in [-0.25, -0.2) is 0 Å². The third-order valence-electron chi connectivity index (χ3n) is 5.67. The molecule has 0 aliphatic rings. The highest BCUT2D eigenvalue weighted by atomic mass is 16.5. The molecule has 176 valence electrons. The molecule has 0 heterocycles. The summed E-state index contributed by atoms with van der Waals surface area (Å²) in [6.07, 6.45) is 12.8. The third-order valence-corrected chi connectivity index (χ3v) is 5.67. The number of hydroxylamine groups is 2. The van der Waals surface area contributed by atoms with Gasteiger partial charge in [0.2, 0.25) is 0 Å². The summed E-state index contributed by atoms with van der Waals surface area (Å²) in [6.45, 7) is 3.61. The third kappa shape index (κ3) is 10.8. The molecule has 2 aromatic carbocycles. The highest BCUT2D eigenvalue weighted by Crippen LogP contribution is 2.14. The summed E-state index contributed by atoms with van der Waals surface area (Å²) in [7, 11) is 0. The zero-order valence-electron chi connectivity index (χ0n) is 19.6. The Bertz CT molecular complexity index is 777. The molecule has 2 aromatic rings. The minimum absolute atomic E-state index is 0.0641. The second-order valence-corrected chi connectivity index (χ2v) is 8.63. The predicted molar refractivity (Wildman–Crippen MR) is 130 cm³/mol. The Labute approximate surface area is 193 Å². The van der Waals surface area contributed by atoms with Crippen LogP contribution in [0, 0.1) is 0 Å². The van der Waals surface area contributed by atoms with Crippen LogP contribution >= 0.6 is 0 Å². The first-order chi connectivity index (χ1) is 15.6. The molecule has 0 aliphatic carbocycles. The maximum Gasteiger partial charge on any atom is 0.251 e. The van der Waals surface area contributed by atoms with E-state index in [0.717, 1.165) is 24.0 Å². The summed E-state index contributed by atoms with van der Waals surface area (Å²) >= 11 is 0. The Balaban J connectivity index is 1.62. The van der Waals surface area contributed by atoms with Crippen LogP contribution in [0.2, 0.25) is 0 Å². The smallest absolute Gasteiger partial charge is 0.251 e. The van der Waals surface area contributed by atoms with Crippen LogP contribution in [0.3, 0.4) is 0 Å². The zero-order valence-corrected chi connectivity index (χ0v) is 19.6. The van der Waals surface area contributed by atoms with Crippen molar-refractivity contribution in [2.24, 2.45) is 0 Å². The molecule has 0 radical (unpaired) electrons. The molecule has 5 heteroatoms. The van der Waals surface area contributed by atoms with E-state index in [1.807, 2.05) is 18.2 Å². The first-order valence-corrected chi connectivity index (χ1v) is 12.2. The maximum absolute atomic E-state index is 12.5. The fourth-order valence-corrected chi connectivity index (χ4v) is 3.81. The Kier molecular flexibility index (Phi) is 12.5. The molecule has 0 spiro atoms. The van der Waals surface area contributed by atoms with Gasteiger partial charge in [-0.05, 0) is 41.8 Å². The predicted octanol–water partition coefficient (Wildman–Crippen LogP) is 6.43. The van der Waals surface area contributed by atoms with Crippen molar-refractivity contribution in [3.05, 3.63) is 65.2 Å². The molecule has 0 saturated carbocycles. The van der Waals surface area contributed by atoms with Crippen LogP contribution in [0.15, 0.2) is 48.5 Å². The minimum atomic E-state index is -0.0641. The van der Waals surface area contributed by atoms with E-state index in [9.17, 15) is 15.1 Å². The van der Waals surface area contributed by atoms with Crippen molar-refractivity contribution in [1.82, 2.24) is 10.4 Å². The lowest BCUT2D eigenvalue weighted by molar-refractivity contribution is -0.108.